The molecule has 0 bridgehead atoms. The number of benzene rings is 3. The average molecular weight is 341 g/mol. The summed E-state index contributed by atoms with van der Waals surface area (Å²) in [6.45, 7) is 0. The molecule has 0 aliphatic carbocycles. The highest BCUT2D eigenvalue weighted by Gasteiger charge is 2.14. The number of fused-ring (bicyclic) bond motifs is 1. The third-order valence-corrected chi connectivity index (χ3v) is 4.45. The van der Waals surface area contributed by atoms with E-state index in [1.54, 1.807) is 14.2 Å². The van der Waals surface area contributed by atoms with Crippen molar-refractivity contribution in [2.75, 3.05) is 14.2 Å². The first kappa shape index (κ1) is 16.2. The van der Waals surface area contributed by atoms with Crippen LogP contribution in [0.2, 0.25) is 0 Å². The van der Waals surface area contributed by atoms with Crippen LogP contribution in [-0.4, -0.2) is 19.2 Å². The van der Waals surface area contributed by atoms with E-state index in [1.165, 1.54) is 0 Å². The minimum absolute atomic E-state index is 0.700. The van der Waals surface area contributed by atoms with E-state index in [9.17, 15) is 0 Å². The fourth-order valence-electron chi connectivity index (χ4n) is 3.15. The predicted octanol–water partition coefficient (Wildman–Crippen LogP) is 5.59. The zero-order valence-corrected chi connectivity index (χ0v) is 14.8. The molecule has 26 heavy (non-hydrogen) atoms. The second-order valence-electron chi connectivity index (χ2n) is 6.02. The number of nitrogens with zero attached hydrogens (tertiary/aromatic N) is 1. The number of hydrogen-bond donors (Lipinski definition) is 0. The van der Waals surface area contributed by atoms with Gasteiger partial charge in [0.05, 0.1) is 25.6 Å². The van der Waals surface area contributed by atoms with Crippen molar-refractivity contribution in [2.24, 2.45) is 0 Å². The number of ether oxygens (including phenoxy) is 2. The summed E-state index contributed by atoms with van der Waals surface area (Å²) in [4.78, 5) is 4.98. The van der Waals surface area contributed by atoms with Gasteiger partial charge in [0.1, 0.15) is 0 Å². The van der Waals surface area contributed by atoms with E-state index in [1.807, 2.05) is 48.5 Å². The van der Waals surface area contributed by atoms with E-state index in [0.29, 0.717) is 11.5 Å². The maximum Gasteiger partial charge on any atom is 0.161 e. The van der Waals surface area contributed by atoms with Crippen LogP contribution < -0.4 is 9.47 Å². The smallest absolute Gasteiger partial charge is 0.161 e. The molecule has 1 aromatic heterocycles. The zero-order chi connectivity index (χ0) is 17.9. The van der Waals surface area contributed by atoms with Crippen LogP contribution in [0.5, 0.6) is 11.5 Å². The molecule has 0 amide bonds. The highest BCUT2D eigenvalue weighted by atomic mass is 16.5. The number of methoxy groups -OCH3 is 2. The summed E-state index contributed by atoms with van der Waals surface area (Å²) in [5, 5.41) is 2.10. The quantitative estimate of drug-likeness (QED) is 0.485. The largest absolute Gasteiger partial charge is 0.493 e. The molecular formula is C23H19NO2. The number of pyridine rings is 1. The molecule has 0 saturated carbocycles. The third kappa shape index (κ3) is 2.88. The second-order valence-corrected chi connectivity index (χ2v) is 6.02. The first-order valence-electron chi connectivity index (χ1n) is 8.48. The highest BCUT2D eigenvalue weighted by molar-refractivity contribution is 5.98. The summed E-state index contributed by atoms with van der Waals surface area (Å²) in [7, 11) is 3.30. The maximum absolute atomic E-state index is 5.50. The van der Waals surface area contributed by atoms with Crippen LogP contribution in [0, 0.1) is 0 Å². The molecule has 3 nitrogen and oxygen atoms in total. The summed E-state index contributed by atoms with van der Waals surface area (Å²) in [6, 6.07) is 26.5. The molecule has 0 atom stereocenters. The standard InChI is InChI=1S/C23H19NO2/c1-25-21-14-18-13-20(16-9-5-3-6-10-16)24-23(17-11-7-4-8-12-17)19(18)15-22(21)26-2/h3-15H,1-2H3. The van der Waals surface area contributed by atoms with Crippen molar-refractivity contribution in [3.63, 3.8) is 0 Å². The Morgan fingerprint density at radius 2 is 1.23 bits per heavy atom. The van der Waals surface area contributed by atoms with Crippen LogP contribution in [0.15, 0.2) is 78.9 Å². The normalized spacial score (nSPS) is 10.7. The molecule has 4 rings (SSSR count). The second kappa shape index (κ2) is 6.89. The van der Waals surface area contributed by atoms with E-state index in [4.69, 9.17) is 14.5 Å². The fourth-order valence-corrected chi connectivity index (χ4v) is 3.15. The van der Waals surface area contributed by atoms with Crippen molar-refractivity contribution >= 4 is 10.8 Å². The molecule has 3 heteroatoms. The van der Waals surface area contributed by atoms with Gasteiger partial charge in [-0.1, -0.05) is 60.7 Å². The molecule has 0 saturated heterocycles. The topological polar surface area (TPSA) is 31.4 Å². The molecule has 0 aliphatic rings. The lowest BCUT2D eigenvalue weighted by molar-refractivity contribution is 0.356. The zero-order valence-electron chi connectivity index (χ0n) is 14.8. The molecule has 3 aromatic carbocycles. The molecule has 0 fully saturated rings. The average Bonchev–Trinajstić information content (AvgIpc) is 2.73. The van der Waals surface area contributed by atoms with Crippen molar-refractivity contribution < 1.29 is 9.47 Å². The first-order chi connectivity index (χ1) is 12.8. The summed E-state index contributed by atoms with van der Waals surface area (Å²) in [6.07, 6.45) is 0. The van der Waals surface area contributed by atoms with Crippen molar-refractivity contribution in [2.45, 2.75) is 0 Å². The van der Waals surface area contributed by atoms with E-state index in [0.717, 1.165) is 33.3 Å². The lowest BCUT2D eigenvalue weighted by Gasteiger charge is -2.14. The lowest BCUT2D eigenvalue weighted by Crippen LogP contribution is -1.94. The van der Waals surface area contributed by atoms with E-state index < -0.39 is 0 Å². The van der Waals surface area contributed by atoms with Gasteiger partial charge in [-0.15, -0.1) is 0 Å². The molecule has 128 valence electrons. The van der Waals surface area contributed by atoms with Crippen LogP contribution >= 0.6 is 0 Å². The number of aromatic nitrogens is 1. The van der Waals surface area contributed by atoms with Crippen molar-refractivity contribution in [1.82, 2.24) is 4.98 Å². The summed E-state index contributed by atoms with van der Waals surface area (Å²) in [5.41, 5.74) is 4.02. The van der Waals surface area contributed by atoms with Gasteiger partial charge in [-0.25, -0.2) is 4.98 Å². The minimum Gasteiger partial charge on any atom is -0.493 e. The summed E-state index contributed by atoms with van der Waals surface area (Å²) >= 11 is 0. The van der Waals surface area contributed by atoms with E-state index in [-0.39, 0.29) is 0 Å². The van der Waals surface area contributed by atoms with Gasteiger partial charge in [-0.3, -0.25) is 0 Å². The van der Waals surface area contributed by atoms with Gasteiger partial charge in [0.25, 0.3) is 0 Å². The van der Waals surface area contributed by atoms with Gasteiger partial charge < -0.3 is 9.47 Å². The lowest BCUT2D eigenvalue weighted by atomic mass is 10.0. The Hall–Kier alpha value is -3.33. The Morgan fingerprint density at radius 3 is 1.85 bits per heavy atom. The van der Waals surface area contributed by atoms with Crippen molar-refractivity contribution in [1.29, 1.82) is 0 Å². The fraction of sp³-hybridized carbons (Fsp3) is 0.0870. The Kier molecular flexibility index (Phi) is 4.28. The number of hydrogen-bond acceptors (Lipinski definition) is 3. The van der Waals surface area contributed by atoms with Crippen LogP contribution in [0.25, 0.3) is 33.3 Å². The molecule has 0 spiro atoms. The molecule has 0 unspecified atom stereocenters. The highest BCUT2D eigenvalue weighted by Crippen LogP contribution is 2.38. The predicted molar refractivity (Wildman–Crippen MR) is 106 cm³/mol. The molecule has 0 radical (unpaired) electrons. The van der Waals surface area contributed by atoms with Crippen molar-refractivity contribution in [3.05, 3.63) is 78.9 Å². The Bertz CT molecular complexity index is 1040. The van der Waals surface area contributed by atoms with Gasteiger partial charge in [0.2, 0.25) is 0 Å². The van der Waals surface area contributed by atoms with E-state index >= 15 is 0 Å². The maximum atomic E-state index is 5.50. The molecule has 4 aromatic rings. The minimum atomic E-state index is 0.700. The van der Waals surface area contributed by atoms with Gasteiger partial charge in [0.15, 0.2) is 11.5 Å². The Labute approximate surface area is 152 Å². The molecular weight excluding hydrogens is 322 g/mol. The van der Waals surface area contributed by atoms with Crippen LogP contribution in [0.3, 0.4) is 0 Å². The monoisotopic (exact) mass is 341 g/mol. The third-order valence-electron chi connectivity index (χ3n) is 4.45. The van der Waals surface area contributed by atoms with Gasteiger partial charge in [-0.2, -0.15) is 0 Å². The van der Waals surface area contributed by atoms with Crippen LogP contribution in [-0.2, 0) is 0 Å². The summed E-state index contributed by atoms with van der Waals surface area (Å²) in [5.74, 6) is 1.41. The molecule has 0 N–H and O–H groups in total. The van der Waals surface area contributed by atoms with Crippen LogP contribution in [0.4, 0.5) is 0 Å². The SMILES string of the molecule is COc1cc2cc(-c3ccccc3)nc(-c3ccccc3)c2cc1OC. The van der Waals surface area contributed by atoms with Crippen molar-refractivity contribution in [3.8, 4) is 34.0 Å². The number of rotatable bonds is 4. The Balaban J connectivity index is 2.05. The van der Waals surface area contributed by atoms with Gasteiger partial charge in [0, 0.05) is 16.5 Å². The van der Waals surface area contributed by atoms with Crippen LogP contribution in [0.1, 0.15) is 0 Å². The Morgan fingerprint density at radius 1 is 0.654 bits per heavy atom. The van der Waals surface area contributed by atoms with Gasteiger partial charge in [-0.05, 0) is 23.6 Å². The first-order valence-corrected chi connectivity index (χ1v) is 8.48. The van der Waals surface area contributed by atoms with Gasteiger partial charge >= 0.3 is 0 Å². The summed E-state index contributed by atoms with van der Waals surface area (Å²) < 4.78 is 11.0. The molecule has 1 heterocycles. The molecule has 0 aliphatic heterocycles. The van der Waals surface area contributed by atoms with E-state index in [2.05, 4.69) is 30.3 Å².